The van der Waals surface area contributed by atoms with Crippen LogP contribution in [0.4, 0.5) is 0 Å². The number of carbonyl (C=O) groups is 3. The zero-order valence-electron chi connectivity index (χ0n) is 16.8. The highest BCUT2D eigenvalue weighted by Gasteiger charge is 2.32. The first-order valence-electron chi connectivity index (χ1n) is 11.0. The number of carboxylic acids is 1. The van der Waals surface area contributed by atoms with Gasteiger partial charge in [0.2, 0.25) is 11.8 Å². The molecule has 2 amide bonds. The van der Waals surface area contributed by atoms with E-state index >= 15 is 0 Å². The lowest BCUT2D eigenvalue weighted by Crippen LogP contribution is -2.46. The van der Waals surface area contributed by atoms with Crippen molar-refractivity contribution in [2.24, 2.45) is 17.8 Å². The van der Waals surface area contributed by atoms with E-state index in [1.807, 2.05) is 4.90 Å². The van der Waals surface area contributed by atoms with E-state index in [4.69, 9.17) is 5.11 Å². The number of nitrogens with zero attached hydrogens (tertiary/aromatic N) is 1. The normalized spacial score (nSPS) is 27.4. The van der Waals surface area contributed by atoms with Gasteiger partial charge in [-0.15, -0.1) is 0 Å². The predicted octanol–water partition coefficient (Wildman–Crippen LogP) is 1.76. The highest BCUT2D eigenvalue weighted by atomic mass is 16.4. The summed E-state index contributed by atoms with van der Waals surface area (Å²) in [6, 6.07) is 0.216. The number of amides is 2. The second-order valence-electron chi connectivity index (χ2n) is 8.78. The molecule has 0 bridgehead atoms. The van der Waals surface area contributed by atoms with Gasteiger partial charge >= 0.3 is 5.97 Å². The lowest BCUT2D eigenvalue weighted by atomic mass is 9.83. The number of carboxylic acid groups (broad SMARTS) is 1. The SMILES string of the molecule is O=C(O)CCC1CCN(C(=O)C2CCC(NC(=O)C3CCNCC3)CC2)CC1. The first kappa shape index (κ1) is 21.1. The van der Waals surface area contributed by atoms with Gasteiger partial charge in [0.1, 0.15) is 0 Å². The second-order valence-corrected chi connectivity index (χ2v) is 8.78. The van der Waals surface area contributed by atoms with Crippen LogP contribution in [-0.4, -0.2) is 60.0 Å². The second kappa shape index (κ2) is 10.2. The van der Waals surface area contributed by atoms with E-state index in [9.17, 15) is 14.4 Å². The van der Waals surface area contributed by atoms with E-state index in [0.29, 0.717) is 5.92 Å². The topological polar surface area (TPSA) is 98.7 Å². The molecule has 1 aliphatic carbocycles. The molecule has 0 aromatic carbocycles. The van der Waals surface area contributed by atoms with Gasteiger partial charge in [0.15, 0.2) is 0 Å². The number of likely N-dealkylation sites (tertiary alicyclic amines) is 1. The summed E-state index contributed by atoms with van der Waals surface area (Å²) in [6.45, 7) is 3.36. The summed E-state index contributed by atoms with van der Waals surface area (Å²) in [7, 11) is 0. The molecule has 2 aliphatic heterocycles. The van der Waals surface area contributed by atoms with Crippen molar-refractivity contribution in [1.29, 1.82) is 0 Å². The van der Waals surface area contributed by atoms with Crippen molar-refractivity contribution in [2.45, 2.75) is 70.3 Å². The molecule has 0 radical (unpaired) electrons. The highest BCUT2D eigenvalue weighted by molar-refractivity contribution is 5.80. The summed E-state index contributed by atoms with van der Waals surface area (Å²) in [5, 5.41) is 15.3. The molecule has 3 fully saturated rings. The van der Waals surface area contributed by atoms with Crippen LogP contribution in [0.1, 0.15) is 64.2 Å². The Hall–Kier alpha value is -1.63. The lowest BCUT2D eigenvalue weighted by molar-refractivity contribution is -0.140. The number of aliphatic carboxylic acids is 1. The van der Waals surface area contributed by atoms with Crippen LogP contribution in [0, 0.1) is 17.8 Å². The Morgan fingerprint density at radius 2 is 1.54 bits per heavy atom. The zero-order chi connectivity index (χ0) is 19.9. The Kier molecular flexibility index (Phi) is 7.71. The molecule has 28 heavy (non-hydrogen) atoms. The zero-order valence-corrected chi connectivity index (χ0v) is 16.8. The molecule has 2 saturated heterocycles. The molecule has 1 saturated carbocycles. The maximum atomic E-state index is 12.8. The van der Waals surface area contributed by atoms with Gasteiger partial charge in [-0.1, -0.05) is 0 Å². The third-order valence-corrected chi connectivity index (χ3v) is 6.83. The van der Waals surface area contributed by atoms with Crippen LogP contribution in [-0.2, 0) is 14.4 Å². The molecule has 0 atom stereocenters. The maximum absolute atomic E-state index is 12.8. The summed E-state index contributed by atoms with van der Waals surface area (Å²) in [4.78, 5) is 37.9. The van der Waals surface area contributed by atoms with Crippen LogP contribution in [0.5, 0.6) is 0 Å². The fourth-order valence-electron chi connectivity index (χ4n) is 4.92. The number of carbonyl (C=O) groups excluding carboxylic acids is 2. The summed E-state index contributed by atoms with van der Waals surface area (Å²) < 4.78 is 0. The Bertz CT molecular complexity index is 546. The van der Waals surface area contributed by atoms with Gasteiger partial charge in [0.05, 0.1) is 0 Å². The first-order chi connectivity index (χ1) is 13.5. The number of piperidine rings is 2. The van der Waals surface area contributed by atoms with Crippen molar-refractivity contribution < 1.29 is 19.5 Å². The Balaban J connectivity index is 1.36. The molecule has 0 unspecified atom stereocenters. The average Bonchev–Trinajstić information content (AvgIpc) is 2.73. The van der Waals surface area contributed by atoms with Gasteiger partial charge in [0, 0.05) is 37.4 Å². The van der Waals surface area contributed by atoms with Crippen LogP contribution in [0.3, 0.4) is 0 Å². The molecule has 7 nitrogen and oxygen atoms in total. The van der Waals surface area contributed by atoms with Crippen LogP contribution in [0.15, 0.2) is 0 Å². The number of nitrogens with one attached hydrogen (secondary N) is 2. The first-order valence-corrected chi connectivity index (χ1v) is 11.0. The largest absolute Gasteiger partial charge is 0.481 e. The van der Waals surface area contributed by atoms with Gasteiger partial charge in [-0.05, 0) is 76.8 Å². The quantitative estimate of drug-likeness (QED) is 0.639. The summed E-state index contributed by atoms with van der Waals surface area (Å²) in [5.74, 6) is 0.383. The van der Waals surface area contributed by atoms with Crippen molar-refractivity contribution in [3.05, 3.63) is 0 Å². The monoisotopic (exact) mass is 393 g/mol. The molecule has 3 aliphatic rings. The molecule has 7 heteroatoms. The van der Waals surface area contributed by atoms with Gasteiger partial charge < -0.3 is 20.6 Å². The number of hydrogen-bond acceptors (Lipinski definition) is 4. The third kappa shape index (κ3) is 5.93. The molecule has 0 aromatic rings. The predicted molar refractivity (Wildman–Crippen MR) is 106 cm³/mol. The van der Waals surface area contributed by atoms with Crippen molar-refractivity contribution in [3.8, 4) is 0 Å². The van der Waals surface area contributed by atoms with Crippen molar-refractivity contribution in [1.82, 2.24) is 15.5 Å². The van der Waals surface area contributed by atoms with Crippen LogP contribution in [0.25, 0.3) is 0 Å². The standard InChI is InChI=1S/C21H35N3O4/c25-19(26)6-1-15-9-13-24(14-10-15)21(28)17-2-4-18(5-3-17)23-20(27)16-7-11-22-12-8-16/h15-18,22H,1-14H2,(H,23,27)(H,25,26). The van der Waals surface area contributed by atoms with E-state index in [0.717, 1.165) is 84.0 Å². The Labute approximate surface area is 167 Å². The smallest absolute Gasteiger partial charge is 0.303 e. The van der Waals surface area contributed by atoms with E-state index < -0.39 is 5.97 Å². The molecule has 3 rings (SSSR count). The van der Waals surface area contributed by atoms with Gasteiger partial charge in [0.25, 0.3) is 0 Å². The number of hydrogen-bond donors (Lipinski definition) is 3. The van der Waals surface area contributed by atoms with Gasteiger partial charge in [-0.2, -0.15) is 0 Å². The van der Waals surface area contributed by atoms with Crippen LogP contribution < -0.4 is 10.6 Å². The minimum Gasteiger partial charge on any atom is -0.481 e. The van der Waals surface area contributed by atoms with Crippen molar-refractivity contribution in [2.75, 3.05) is 26.2 Å². The minimum absolute atomic E-state index is 0.0857. The summed E-state index contributed by atoms with van der Waals surface area (Å²) in [5.41, 5.74) is 0. The number of rotatable bonds is 6. The molecule has 0 aromatic heterocycles. The van der Waals surface area contributed by atoms with E-state index in [1.165, 1.54) is 0 Å². The average molecular weight is 394 g/mol. The molecular weight excluding hydrogens is 358 g/mol. The Morgan fingerprint density at radius 3 is 2.14 bits per heavy atom. The molecular formula is C21H35N3O4. The van der Waals surface area contributed by atoms with E-state index in [1.54, 1.807) is 0 Å². The van der Waals surface area contributed by atoms with E-state index in [-0.39, 0.29) is 36.1 Å². The Morgan fingerprint density at radius 1 is 0.893 bits per heavy atom. The van der Waals surface area contributed by atoms with Crippen LogP contribution in [0.2, 0.25) is 0 Å². The highest BCUT2D eigenvalue weighted by Crippen LogP contribution is 2.29. The van der Waals surface area contributed by atoms with E-state index in [2.05, 4.69) is 10.6 Å². The molecule has 3 N–H and O–H groups in total. The van der Waals surface area contributed by atoms with Crippen molar-refractivity contribution in [3.63, 3.8) is 0 Å². The minimum atomic E-state index is -0.734. The third-order valence-electron chi connectivity index (χ3n) is 6.83. The van der Waals surface area contributed by atoms with Crippen LogP contribution >= 0.6 is 0 Å². The van der Waals surface area contributed by atoms with Crippen molar-refractivity contribution >= 4 is 17.8 Å². The lowest BCUT2D eigenvalue weighted by Gasteiger charge is -2.36. The fourth-order valence-corrected chi connectivity index (χ4v) is 4.92. The fraction of sp³-hybridized carbons (Fsp3) is 0.857. The van der Waals surface area contributed by atoms with Gasteiger partial charge in [-0.3, -0.25) is 14.4 Å². The van der Waals surface area contributed by atoms with Gasteiger partial charge in [-0.25, -0.2) is 0 Å². The summed E-state index contributed by atoms with van der Waals surface area (Å²) in [6.07, 6.45) is 8.12. The molecule has 0 spiro atoms. The molecule has 158 valence electrons. The molecule has 2 heterocycles. The summed E-state index contributed by atoms with van der Waals surface area (Å²) >= 11 is 0. The maximum Gasteiger partial charge on any atom is 0.303 e.